The van der Waals surface area contributed by atoms with Crippen LogP contribution in [0.1, 0.15) is 13.3 Å². The third-order valence-electron chi connectivity index (χ3n) is 2.62. The molecule has 1 amide bonds. The summed E-state index contributed by atoms with van der Waals surface area (Å²) < 4.78 is 9.93. The molecule has 0 aromatic rings. The van der Waals surface area contributed by atoms with Crippen LogP contribution in [0.25, 0.3) is 0 Å². The van der Waals surface area contributed by atoms with Crippen LogP contribution in [0.15, 0.2) is 0 Å². The smallest absolute Gasteiger partial charge is 0.409 e. The first-order valence-corrected chi connectivity index (χ1v) is 4.54. The van der Waals surface area contributed by atoms with Crippen LogP contribution in [0, 0.1) is 5.92 Å². The van der Waals surface area contributed by atoms with Gasteiger partial charge in [-0.15, -0.1) is 0 Å². The van der Waals surface area contributed by atoms with E-state index in [1.165, 1.54) is 7.11 Å². The molecule has 0 saturated carbocycles. The predicted molar refractivity (Wildman–Crippen MR) is 48.6 cm³/mol. The fourth-order valence-corrected chi connectivity index (χ4v) is 1.64. The second kappa shape index (κ2) is 4.46. The number of amides is 1. The number of hydrogen-bond acceptors (Lipinski definition) is 3. The third kappa shape index (κ3) is 2.34. The zero-order valence-electron chi connectivity index (χ0n) is 8.45. The van der Waals surface area contributed by atoms with Gasteiger partial charge in [0.15, 0.2) is 0 Å². The largest absolute Gasteiger partial charge is 0.453 e. The Bertz CT molecular complexity index is 184. The molecule has 76 valence electrons. The maximum absolute atomic E-state index is 11.2. The van der Waals surface area contributed by atoms with Crippen LogP contribution in [-0.2, 0) is 9.47 Å². The lowest BCUT2D eigenvalue weighted by atomic mass is 9.96. The Hall–Kier alpha value is -0.770. The van der Waals surface area contributed by atoms with Gasteiger partial charge < -0.3 is 14.4 Å². The van der Waals surface area contributed by atoms with Crippen LogP contribution in [0.3, 0.4) is 0 Å². The van der Waals surface area contributed by atoms with Gasteiger partial charge in [-0.2, -0.15) is 0 Å². The molecule has 0 aromatic heterocycles. The zero-order valence-corrected chi connectivity index (χ0v) is 8.45. The van der Waals surface area contributed by atoms with E-state index in [1.54, 1.807) is 12.0 Å². The maximum Gasteiger partial charge on any atom is 0.409 e. The van der Waals surface area contributed by atoms with E-state index < -0.39 is 0 Å². The number of carbonyl (C=O) groups is 1. The summed E-state index contributed by atoms with van der Waals surface area (Å²) in [5.74, 6) is 0.519. The van der Waals surface area contributed by atoms with Crippen molar-refractivity contribution in [3.8, 4) is 0 Å². The number of rotatable bonds is 1. The van der Waals surface area contributed by atoms with E-state index in [4.69, 9.17) is 4.74 Å². The van der Waals surface area contributed by atoms with E-state index >= 15 is 0 Å². The summed E-state index contributed by atoms with van der Waals surface area (Å²) in [6, 6.07) is 0. The van der Waals surface area contributed by atoms with Crippen LogP contribution in [0.4, 0.5) is 4.79 Å². The molecule has 1 aliphatic rings. The van der Waals surface area contributed by atoms with E-state index in [9.17, 15) is 4.79 Å². The molecule has 1 aliphatic heterocycles. The zero-order chi connectivity index (χ0) is 9.84. The average molecular weight is 187 g/mol. The van der Waals surface area contributed by atoms with Gasteiger partial charge in [-0.05, 0) is 12.3 Å². The molecule has 0 radical (unpaired) electrons. The lowest BCUT2D eigenvalue weighted by Gasteiger charge is -2.35. The number of hydrogen-bond donors (Lipinski definition) is 0. The summed E-state index contributed by atoms with van der Waals surface area (Å²) in [6.45, 7) is 3.56. The minimum atomic E-state index is -0.256. The molecule has 0 N–H and O–H groups in total. The summed E-state index contributed by atoms with van der Waals surface area (Å²) >= 11 is 0. The molecule has 4 nitrogen and oxygen atoms in total. The highest BCUT2D eigenvalue weighted by atomic mass is 16.5. The molecule has 2 unspecified atom stereocenters. The Kier molecular flexibility index (Phi) is 3.54. The highest BCUT2D eigenvalue weighted by molar-refractivity contribution is 5.67. The Balaban J connectivity index is 2.49. The Morgan fingerprint density at radius 2 is 2.15 bits per heavy atom. The second-order valence-corrected chi connectivity index (χ2v) is 3.46. The fraction of sp³-hybridized carbons (Fsp3) is 0.889. The standard InChI is InChI=1S/C9H17NO3/c1-7-4-5-10(9(11)13-3)6-8(7)12-2/h7-8H,4-6H2,1-3H3. The van der Waals surface area contributed by atoms with Crippen LogP contribution >= 0.6 is 0 Å². The van der Waals surface area contributed by atoms with E-state index in [1.807, 2.05) is 0 Å². The molecular weight excluding hydrogens is 170 g/mol. The van der Waals surface area contributed by atoms with Crippen molar-refractivity contribution in [1.29, 1.82) is 0 Å². The monoisotopic (exact) mass is 187 g/mol. The molecule has 13 heavy (non-hydrogen) atoms. The van der Waals surface area contributed by atoms with Crippen LogP contribution in [0.5, 0.6) is 0 Å². The van der Waals surface area contributed by atoms with Crippen molar-refractivity contribution in [2.24, 2.45) is 5.92 Å². The van der Waals surface area contributed by atoms with Crippen LogP contribution in [-0.4, -0.2) is 44.4 Å². The first kappa shape index (κ1) is 10.3. The Morgan fingerprint density at radius 3 is 2.69 bits per heavy atom. The maximum atomic E-state index is 11.2. The fourth-order valence-electron chi connectivity index (χ4n) is 1.64. The predicted octanol–water partition coefficient (Wildman–Crippen LogP) is 1.11. The van der Waals surface area contributed by atoms with E-state index in [0.29, 0.717) is 12.5 Å². The van der Waals surface area contributed by atoms with Crippen molar-refractivity contribution >= 4 is 6.09 Å². The number of methoxy groups -OCH3 is 2. The summed E-state index contributed by atoms with van der Waals surface area (Å²) in [5, 5.41) is 0. The molecule has 1 rings (SSSR count). The summed E-state index contributed by atoms with van der Waals surface area (Å²) in [6.07, 6.45) is 0.870. The van der Waals surface area contributed by atoms with Gasteiger partial charge in [-0.25, -0.2) is 4.79 Å². The van der Waals surface area contributed by atoms with Gasteiger partial charge in [0.1, 0.15) is 0 Å². The Labute approximate surface area is 78.8 Å². The number of ether oxygens (including phenoxy) is 2. The van der Waals surface area contributed by atoms with Crippen molar-refractivity contribution in [2.75, 3.05) is 27.3 Å². The summed E-state index contributed by atoms with van der Waals surface area (Å²) in [5.41, 5.74) is 0. The molecule has 0 bridgehead atoms. The highest BCUT2D eigenvalue weighted by Gasteiger charge is 2.28. The van der Waals surface area contributed by atoms with Crippen LogP contribution in [0.2, 0.25) is 0 Å². The van der Waals surface area contributed by atoms with Crippen molar-refractivity contribution in [3.05, 3.63) is 0 Å². The normalized spacial score (nSPS) is 28.7. The molecule has 0 aliphatic carbocycles. The lowest BCUT2D eigenvalue weighted by Crippen LogP contribution is -2.46. The quantitative estimate of drug-likeness (QED) is 0.617. The third-order valence-corrected chi connectivity index (χ3v) is 2.62. The molecule has 1 saturated heterocycles. The molecule has 2 atom stereocenters. The topological polar surface area (TPSA) is 38.8 Å². The van der Waals surface area contributed by atoms with Gasteiger partial charge in [0.25, 0.3) is 0 Å². The number of carbonyl (C=O) groups excluding carboxylic acids is 1. The van der Waals surface area contributed by atoms with Crippen molar-refractivity contribution in [2.45, 2.75) is 19.4 Å². The van der Waals surface area contributed by atoms with E-state index in [2.05, 4.69) is 11.7 Å². The highest BCUT2D eigenvalue weighted by Crippen LogP contribution is 2.19. The molecule has 1 fully saturated rings. The van der Waals surface area contributed by atoms with E-state index in [-0.39, 0.29) is 12.2 Å². The molecular formula is C9H17NO3. The van der Waals surface area contributed by atoms with Gasteiger partial charge in [0.05, 0.1) is 19.8 Å². The van der Waals surface area contributed by atoms with Gasteiger partial charge in [0, 0.05) is 13.7 Å². The molecule has 1 heterocycles. The summed E-state index contributed by atoms with van der Waals surface area (Å²) in [4.78, 5) is 12.9. The van der Waals surface area contributed by atoms with Gasteiger partial charge >= 0.3 is 6.09 Å². The minimum Gasteiger partial charge on any atom is -0.453 e. The number of piperidine rings is 1. The second-order valence-electron chi connectivity index (χ2n) is 3.46. The number of nitrogens with zero attached hydrogens (tertiary/aromatic N) is 1. The lowest BCUT2D eigenvalue weighted by molar-refractivity contribution is -0.00316. The average Bonchev–Trinajstić information content (AvgIpc) is 2.17. The number of likely N-dealkylation sites (tertiary alicyclic amines) is 1. The molecule has 0 spiro atoms. The summed E-state index contributed by atoms with van der Waals surface area (Å²) in [7, 11) is 3.09. The van der Waals surface area contributed by atoms with Gasteiger partial charge in [0.2, 0.25) is 0 Å². The van der Waals surface area contributed by atoms with Crippen molar-refractivity contribution in [3.63, 3.8) is 0 Å². The van der Waals surface area contributed by atoms with Gasteiger partial charge in [-0.1, -0.05) is 6.92 Å². The van der Waals surface area contributed by atoms with E-state index in [0.717, 1.165) is 13.0 Å². The van der Waals surface area contributed by atoms with Gasteiger partial charge in [-0.3, -0.25) is 0 Å². The van der Waals surface area contributed by atoms with Crippen molar-refractivity contribution < 1.29 is 14.3 Å². The Morgan fingerprint density at radius 1 is 1.46 bits per heavy atom. The first-order valence-electron chi connectivity index (χ1n) is 4.54. The molecule has 4 heteroatoms. The van der Waals surface area contributed by atoms with Crippen LogP contribution < -0.4 is 0 Å². The van der Waals surface area contributed by atoms with Crippen molar-refractivity contribution in [1.82, 2.24) is 4.90 Å². The SMILES string of the molecule is COC(=O)N1CCC(C)C(OC)C1. The molecule has 0 aromatic carbocycles. The minimum absolute atomic E-state index is 0.146. The first-order chi connectivity index (χ1) is 6.19.